The third-order valence-electron chi connectivity index (χ3n) is 3.01. The van der Waals surface area contributed by atoms with Crippen LogP contribution in [0, 0.1) is 5.82 Å². The smallest absolute Gasteiger partial charge is 0.149 e. The van der Waals surface area contributed by atoms with Crippen LogP contribution in [0.15, 0.2) is 54.6 Å². The van der Waals surface area contributed by atoms with Crippen LogP contribution in [-0.2, 0) is 6.61 Å². The zero-order valence-corrected chi connectivity index (χ0v) is 10.7. The molecule has 0 amide bonds. The Morgan fingerprint density at radius 1 is 1.05 bits per heavy atom. The minimum absolute atomic E-state index is 0.112. The van der Waals surface area contributed by atoms with Crippen LogP contribution in [0.1, 0.15) is 5.69 Å². The molecule has 0 aliphatic heterocycles. The van der Waals surface area contributed by atoms with Crippen LogP contribution in [0.4, 0.5) is 10.1 Å². The number of hydrogen-bond donors (Lipinski definition) is 1. The van der Waals surface area contributed by atoms with Crippen molar-refractivity contribution in [3.63, 3.8) is 0 Å². The second-order valence-corrected chi connectivity index (χ2v) is 4.47. The highest BCUT2D eigenvalue weighted by Crippen LogP contribution is 2.19. The summed E-state index contributed by atoms with van der Waals surface area (Å²) >= 11 is 0. The van der Waals surface area contributed by atoms with Crippen molar-refractivity contribution in [3.8, 4) is 5.75 Å². The maximum absolute atomic E-state index is 13.3. The average molecular weight is 268 g/mol. The molecule has 0 saturated carbocycles. The molecular formula is C16H13FN2O. The first-order valence-electron chi connectivity index (χ1n) is 6.25. The first-order valence-corrected chi connectivity index (χ1v) is 6.25. The van der Waals surface area contributed by atoms with Crippen LogP contribution >= 0.6 is 0 Å². The van der Waals surface area contributed by atoms with E-state index < -0.39 is 5.82 Å². The number of hydrogen-bond acceptors (Lipinski definition) is 3. The zero-order chi connectivity index (χ0) is 13.9. The lowest BCUT2D eigenvalue weighted by Crippen LogP contribution is -1.99. The van der Waals surface area contributed by atoms with Crippen LogP contribution in [0.5, 0.6) is 5.75 Å². The molecule has 0 aliphatic carbocycles. The largest absolute Gasteiger partial charge is 0.487 e. The van der Waals surface area contributed by atoms with E-state index in [9.17, 15) is 4.39 Å². The summed E-state index contributed by atoms with van der Waals surface area (Å²) in [5, 5.41) is 1.08. The average Bonchev–Trinajstić information content (AvgIpc) is 2.48. The quantitative estimate of drug-likeness (QED) is 0.739. The molecule has 1 aromatic heterocycles. The molecule has 0 radical (unpaired) electrons. The number of aromatic nitrogens is 1. The van der Waals surface area contributed by atoms with Gasteiger partial charge in [0.15, 0.2) is 0 Å². The van der Waals surface area contributed by atoms with Crippen molar-refractivity contribution in [2.75, 3.05) is 5.73 Å². The molecule has 3 nitrogen and oxygen atoms in total. The van der Waals surface area contributed by atoms with Gasteiger partial charge in [0.05, 0.1) is 16.9 Å². The fraction of sp³-hybridized carbons (Fsp3) is 0.0625. The molecule has 0 unspecified atom stereocenters. The van der Waals surface area contributed by atoms with E-state index >= 15 is 0 Å². The highest BCUT2D eigenvalue weighted by atomic mass is 19.1. The molecule has 1 heterocycles. The summed E-state index contributed by atoms with van der Waals surface area (Å²) in [7, 11) is 0. The Bertz CT molecular complexity index is 758. The molecule has 0 aliphatic rings. The number of nitrogen functional groups attached to an aromatic ring is 1. The minimum Gasteiger partial charge on any atom is -0.487 e. The molecule has 0 saturated heterocycles. The number of ether oxygens (including phenoxy) is 1. The van der Waals surface area contributed by atoms with Crippen molar-refractivity contribution in [3.05, 3.63) is 66.1 Å². The van der Waals surface area contributed by atoms with Gasteiger partial charge in [-0.15, -0.1) is 0 Å². The van der Waals surface area contributed by atoms with Crippen LogP contribution < -0.4 is 10.5 Å². The lowest BCUT2D eigenvalue weighted by Gasteiger charge is -2.07. The van der Waals surface area contributed by atoms with Gasteiger partial charge in [0.2, 0.25) is 0 Å². The highest BCUT2D eigenvalue weighted by molar-refractivity contribution is 5.78. The molecule has 100 valence electrons. The summed E-state index contributed by atoms with van der Waals surface area (Å²) in [6.07, 6.45) is 0. The first kappa shape index (κ1) is 12.4. The summed E-state index contributed by atoms with van der Waals surface area (Å²) in [6.45, 7) is 0.286. The number of benzene rings is 2. The Morgan fingerprint density at radius 3 is 2.75 bits per heavy atom. The van der Waals surface area contributed by atoms with Crippen molar-refractivity contribution in [2.24, 2.45) is 0 Å². The van der Waals surface area contributed by atoms with E-state index in [-0.39, 0.29) is 12.3 Å². The topological polar surface area (TPSA) is 48.1 Å². The molecule has 0 atom stereocenters. The number of nitrogens with two attached hydrogens (primary N) is 1. The Hall–Kier alpha value is -2.62. The van der Waals surface area contributed by atoms with Crippen LogP contribution in [0.2, 0.25) is 0 Å². The van der Waals surface area contributed by atoms with E-state index in [1.165, 1.54) is 12.1 Å². The zero-order valence-electron chi connectivity index (χ0n) is 10.7. The van der Waals surface area contributed by atoms with E-state index in [0.29, 0.717) is 5.75 Å². The van der Waals surface area contributed by atoms with Crippen LogP contribution in [0.3, 0.4) is 0 Å². The normalized spacial score (nSPS) is 10.7. The van der Waals surface area contributed by atoms with Gasteiger partial charge in [-0.3, -0.25) is 0 Å². The van der Waals surface area contributed by atoms with Gasteiger partial charge in [-0.25, -0.2) is 9.37 Å². The van der Waals surface area contributed by atoms with E-state index in [2.05, 4.69) is 4.98 Å². The van der Waals surface area contributed by atoms with Crippen molar-refractivity contribution < 1.29 is 9.13 Å². The van der Waals surface area contributed by atoms with Gasteiger partial charge in [-0.05, 0) is 24.3 Å². The first-order chi connectivity index (χ1) is 9.72. The van der Waals surface area contributed by atoms with Crippen molar-refractivity contribution in [2.45, 2.75) is 6.61 Å². The molecule has 3 rings (SSSR count). The number of halogens is 1. The predicted molar refractivity (Wildman–Crippen MR) is 76.9 cm³/mol. The Labute approximate surface area is 115 Å². The number of rotatable bonds is 3. The summed E-state index contributed by atoms with van der Waals surface area (Å²) < 4.78 is 18.8. The lowest BCUT2D eigenvalue weighted by atomic mass is 10.2. The van der Waals surface area contributed by atoms with Gasteiger partial charge in [0.25, 0.3) is 0 Å². The summed E-state index contributed by atoms with van der Waals surface area (Å²) in [5.41, 5.74) is 7.23. The molecule has 3 aromatic rings. The number of fused-ring (bicyclic) bond motifs is 1. The summed E-state index contributed by atoms with van der Waals surface area (Å²) in [6, 6.07) is 16.1. The van der Waals surface area contributed by atoms with E-state index in [0.717, 1.165) is 16.6 Å². The second kappa shape index (κ2) is 5.17. The second-order valence-electron chi connectivity index (χ2n) is 4.47. The molecule has 4 heteroatoms. The SMILES string of the molecule is Nc1ccc(OCc2ccc3ccccc3n2)cc1F. The fourth-order valence-electron chi connectivity index (χ4n) is 1.94. The molecule has 0 spiro atoms. The summed E-state index contributed by atoms with van der Waals surface area (Å²) in [4.78, 5) is 4.49. The van der Waals surface area contributed by atoms with Gasteiger partial charge in [-0.1, -0.05) is 24.3 Å². The van der Waals surface area contributed by atoms with E-state index in [4.69, 9.17) is 10.5 Å². The minimum atomic E-state index is -0.478. The van der Waals surface area contributed by atoms with Gasteiger partial charge >= 0.3 is 0 Å². The molecule has 2 N–H and O–H groups in total. The van der Waals surface area contributed by atoms with Gasteiger partial charge < -0.3 is 10.5 Å². The molecular weight excluding hydrogens is 255 g/mol. The molecule has 2 aromatic carbocycles. The Kier molecular flexibility index (Phi) is 3.21. The molecule has 0 bridgehead atoms. The standard InChI is InChI=1S/C16H13FN2O/c17-14-9-13(7-8-15(14)18)20-10-12-6-5-11-3-1-2-4-16(11)19-12/h1-9H,10,18H2. The van der Waals surface area contributed by atoms with Gasteiger partial charge in [0, 0.05) is 11.5 Å². The Balaban J connectivity index is 1.77. The highest BCUT2D eigenvalue weighted by Gasteiger charge is 2.03. The van der Waals surface area contributed by atoms with Crippen molar-refractivity contribution in [1.29, 1.82) is 0 Å². The third-order valence-corrected chi connectivity index (χ3v) is 3.01. The van der Waals surface area contributed by atoms with E-state index in [1.807, 2.05) is 36.4 Å². The van der Waals surface area contributed by atoms with Gasteiger partial charge in [0.1, 0.15) is 18.2 Å². The maximum atomic E-state index is 13.3. The summed E-state index contributed by atoms with van der Waals surface area (Å²) in [5.74, 6) is -0.0411. The lowest BCUT2D eigenvalue weighted by molar-refractivity contribution is 0.300. The van der Waals surface area contributed by atoms with Crippen LogP contribution in [0.25, 0.3) is 10.9 Å². The molecule has 0 fully saturated rings. The fourth-order valence-corrected chi connectivity index (χ4v) is 1.94. The van der Waals surface area contributed by atoms with E-state index in [1.54, 1.807) is 6.07 Å². The monoisotopic (exact) mass is 268 g/mol. The number of nitrogens with zero attached hydrogens (tertiary/aromatic N) is 1. The van der Waals surface area contributed by atoms with Gasteiger partial charge in [-0.2, -0.15) is 0 Å². The third kappa shape index (κ3) is 2.54. The Morgan fingerprint density at radius 2 is 1.90 bits per heavy atom. The number of pyridine rings is 1. The van der Waals surface area contributed by atoms with Crippen molar-refractivity contribution in [1.82, 2.24) is 4.98 Å². The predicted octanol–water partition coefficient (Wildman–Crippen LogP) is 3.54. The number of anilines is 1. The van der Waals surface area contributed by atoms with Crippen LogP contribution in [-0.4, -0.2) is 4.98 Å². The maximum Gasteiger partial charge on any atom is 0.149 e. The molecule has 20 heavy (non-hydrogen) atoms. The van der Waals surface area contributed by atoms with Crippen molar-refractivity contribution >= 4 is 16.6 Å². The number of para-hydroxylation sites is 1.